The Morgan fingerprint density at radius 3 is 2.58 bits per heavy atom. The van der Waals surface area contributed by atoms with Crippen LogP contribution < -0.4 is 4.74 Å². The van der Waals surface area contributed by atoms with E-state index >= 15 is 0 Å². The first kappa shape index (κ1) is 18.3. The van der Waals surface area contributed by atoms with Crippen LogP contribution in [0.2, 0.25) is 0 Å². The second-order valence-electron chi connectivity index (χ2n) is 6.09. The molecule has 1 heterocycles. The number of nitro benzene ring substituents is 1. The lowest BCUT2D eigenvalue weighted by molar-refractivity contribution is -0.385. The molecule has 1 fully saturated rings. The summed E-state index contributed by atoms with van der Waals surface area (Å²) in [7, 11) is -2.63. The highest BCUT2D eigenvalue weighted by atomic mass is 32.2. The van der Waals surface area contributed by atoms with Crippen molar-refractivity contribution >= 4 is 15.7 Å². The summed E-state index contributed by atoms with van der Waals surface area (Å²) >= 11 is 0. The molecule has 1 aromatic heterocycles. The molecular weight excluding hydrogens is 358 g/mol. The van der Waals surface area contributed by atoms with Crippen molar-refractivity contribution in [3.63, 3.8) is 0 Å². The molecule has 26 heavy (non-hydrogen) atoms. The number of nitrogens with zero attached hydrogens (tertiary/aromatic N) is 3. The zero-order valence-corrected chi connectivity index (χ0v) is 15.2. The molecule has 0 saturated heterocycles. The third-order valence-electron chi connectivity index (χ3n) is 4.32. The molecule has 9 heteroatoms. The van der Waals surface area contributed by atoms with E-state index in [0.717, 1.165) is 18.9 Å². The summed E-state index contributed by atoms with van der Waals surface area (Å²) in [6.45, 7) is 1.79. The number of ether oxygens (including phenoxy) is 1. The van der Waals surface area contributed by atoms with Gasteiger partial charge in [-0.15, -0.1) is 0 Å². The maximum absolute atomic E-state index is 13.3. The highest BCUT2D eigenvalue weighted by molar-refractivity contribution is 7.89. The molecule has 3 rings (SSSR count). The van der Waals surface area contributed by atoms with Gasteiger partial charge in [-0.2, -0.15) is 4.31 Å². The average Bonchev–Trinajstić information content (AvgIpc) is 3.46. The van der Waals surface area contributed by atoms with Gasteiger partial charge in [0.05, 0.1) is 29.8 Å². The Hall–Kier alpha value is -2.52. The quantitative estimate of drug-likeness (QED) is 0.543. The molecule has 2 aromatic rings. The Labute approximate surface area is 151 Å². The molecule has 0 aliphatic heterocycles. The minimum Gasteiger partial charge on any atom is -0.495 e. The summed E-state index contributed by atoms with van der Waals surface area (Å²) in [5.74, 6) is -0.0435. The van der Waals surface area contributed by atoms with Crippen LogP contribution in [0, 0.1) is 10.1 Å². The number of sulfonamides is 1. The van der Waals surface area contributed by atoms with E-state index in [4.69, 9.17) is 4.74 Å². The van der Waals surface area contributed by atoms with Crippen molar-refractivity contribution in [2.75, 3.05) is 7.11 Å². The van der Waals surface area contributed by atoms with Gasteiger partial charge in [-0.05, 0) is 38.0 Å². The lowest BCUT2D eigenvalue weighted by Gasteiger charge is -2.28. The van der Waals surface area contributed by atoms with Crippen molar-refractivity contribution in [2.45, 2.75) is 36.7 Å². The van der Waals surface area contributed by atoms with E-state index in [0.29, 0.717) is 5.69 Å². The van der Waals surface area contributed by atoms with E-state index in [-0.39, 0.29) is 22.4 Å². The highest BCUT2D eigenvalue weighted by Gasteiger charge is 2.43. The van der Waals surface area contributed by atoms with Crippen LogP contribution in [0.1, 0.15) is 31.5 Å². The highest BCUT2D eigenvalue weighted by Crippen LogP contribution is 2.41. The van der Waals surface area contributed by atoms with Gasteiger partial charge in [-0.3, -0.25) is 15.1 Å². The third-order valence-corrected chi connectivity index (χ3v) is 6.38. The molecule has 0 bridgehead atoms. The van der Waals surface area contributed by atoms with Gasteiger partial charge in [-0.25, -0.2) is 8.42 Å². The minimum absolute atomic E-state index is 0.0435. The number of nitro groups is 1. The van der Waals surface area contributed by atoms with Crippen molar-refractivity contribution in [2.24, 2.45) is 0 Å². The van der Waals surface area contributed by atoms with Crippen LogP contribution in [0.25, 0.3) is 0 Å². The summed E-state index contributed by atoms with van der Waals surface area (Å²) in [6, 6.07) is 8.31. The molecule has 0 amide bonds. The van der Waals surface area contributed by atoms with Gasteiger partial charge < -0.3 is 4.74 Å². The van der Waals surface area contributed by atoms with Gasteiger partial charge in [0.1, 0.15) is 10.6 Å². The van der Waals surface area contributed by atoms with Crippen LogP contribution in [-0.4, -0.2) is 35.8 Å². The van der Waals surface area contributed by atoms with Gasteiger partial charge in [0.25, 0.3) is 5.69 Å². The molecule has 0 spiro atoms. The van der Waals surface area contributed by atoms with Gasteiger partial charge in [0.15, 0.2) is 0 Å². The largest absolute Gasteiger partial charge is 0.495 e. The van der Waals surface area contributed by atoms with Crippen molar-refractivity contribution in [3.05, 3.63) is 58.4 Å². The Morgan fingerprint density at radius 2 is 2.04 bits per heavy atom. The zero-order valence-electron chi connectivity index (χ0n) is 14.4. The lowest BCUT2D eigenvalue weighted by atomic mass is 10.2. The Kier molecular flexibility index (Phi) is 4.92. The number of benzene rings is 1. The molecule has 1 aliphatic rings. The first-order chi connectivity index (χ1) is 12.4. The Morgan fingerprint density at radius 1 is 1.31 bits per heavy atom. The van der Waals surface area contributed by atoms with E-state index in [9.17, 15) is 18.5 Å². The minimum atomic E-state index is -3.92. The fraction of sp³-hybridized carbons (Fsp3) is 0.353. The van der Waals surface area contributed by atoms with E-state index in [1.54, 1.807) is 25.3 Å². The molecule has 1 saturated carbocycles. The monoisotopic (exact) mass is 377 g/mol. The standard InChI is InChI=1S/C17H19N3O5S/c1-12(15-5-3-4-10-18-15)19(13-6-7-13)26(23,24)17-9-8-14(20(21)22)11-16(17)25-2/h3-5,8-13H,6-7H2,1-2H3. The SMILES string of the molecule is COc1cc([N+](=O)[O-])ccc1S(=O)(=O)N(C1CC1)C(C)c1ccccn1. The van der Waals surface area contributed by atoms with E-state index < -0.39 is 21.0 Å². The van der Waals surface area contributed by atoms with E-state index in [1.165, 1.54) is 23.5 Å². The topological polar surface area (TPSA) is 103 Å². The molecular formula is C17H19N3O5S. The van der Waals surface area contributed by atoms with Crippen molar-refractivity contribution in [3.8, 4) is 5.75 Å². The summed E-state index contributed by atoms with van der Waals surface area (Å²) in [4.78, 5) is 14.6. The molecule has 1 atom stereocenters. The van der Waals surface area contributed by atoms with Gasteiger partial charge in [0, 0.05) is 18.3 Å². The van der Waals surface area contributed by atoms with Crippen molar-refractivity contribution < 1.29 is 18.1 Å². The predicted octanol–water partition coefficient (Wildman–Crippen LogP) is 2.91. The van der Waals surface area contributed by atoms with Crippen LogP contribution in [0.3, 0.4) is 0 Å². The Balaban J connectivity index is 2.06. The number of methoxy groups -OCH3 is 1. The zero-order chi connectivity index (χ0) is 18.9. The van der Waals surface area contributed by atoms with Crippen LogP contribution in [0.4, 0.5) is 5.69 Å². The maximum atomic E-state index is 13.3. The summed E-state index contributed by atoms with van der Waals surface area (Å²) in [6.07, 6.45) is 3.16. The molecule has 8 nitrogen and oxygen atoms in total. The molecule has 0 radical (unpaired) electrons. The lowest BCUT2D eigenvalue weighted by Crippen LogP contribution is -2.36. The molecule has 138 valence electrons. The molecule has 1 aromatic carbocycles. The number of rotatable bonds is 7. The predicted molar refractivity (Wildman–Crippen MR) is 94.3 cm³/mol. The fourth-order valence-electron chi connectivity index (χ4n) is 2.90. The van der Waals surface area contributed by atoms with Crippen LogP contribution >= 0.6 is 0 Å². The normalized spacial score (nSPS) is 15.7. The summed E-state index contributed by atoms with van der Waals surface area (Å²) in [5.41, 5.74) is 0.417. The number of pyridine rings is 1. The number of hydrogen-bond acceptors (Lipinski definition) is 6. The maximum Gasteiger partial charge on any atom is 0.273 e. The molecule has 0 N–H and O–H groups in total. The number of hydrogen-bond donors (Lipinski definition) is 0. The fourth-order valence-corrected chi connectivity index (χ4v) is 4.89. The summed E-state index contributed by atoms with van der Waals surface area (Å²) < 4.78 is 33.2. The number of non-ortho nitro benzene ring substituents is 1. The second-order valence-corrected chi connectivity index (χ2v) is 7.90. The van der Waals surface area contributed by atoms with Crippen LogP contribution in [0.5, 0.6) is 5.75 Å². The third kappa shape index (κ3) is 3.40. The van der Waals surface area contributed by atoms with Crippen molar-refractivity contribution in [1.82, 2.24) is 9.29 Å². The van der Waals surface area contributed by atoms with E-state index in [2.05, 4.69) is 4.98 Å². The molecule has 1 aliphatic carbocycles. The smallest absolute Gasteiger partial charge is 0.273 e. The Bertz CT molecular complexity index is 913. The van der Waals surface area contributed by atoms with Gasteiger partial charge in [-0.1, -0.05) is 6.07 Å². The van der Waals surface area contributed by atoms with Crippen LogP contribution in [-0.2, 0) is 10.0 Å². The number of aromatic nitrogens is 1. The van der Waals surface area contributed by atoms with Gasteiger partial charge >= 0.3 is 0 Å². The first-order valence-electron chi connectivity index (χ1n) is 8.13. The second kappa shape index (κ2) is 7.00. The molecule has 1 unspecified atom stereocenters. The van der Waals surface area contributed by atoms with Crippen LogP contribution in [0.15, 0.2) is 47.5 Å². The first-order valence-corrected chi connectivity index (χ1v) is 9.57. The summed E-state index contributed by atoms with van der Waals surface area (Å²) in [5, 5.41) is 11.0. The average molecular weight is 377 g/mol. The van der Waals surface area contributed by atoms with E-state index in [1.807, 2.05) is 6.07 Å². The van der Waals surface area contributed by atoms with Gasteiger partial charge in [0.2, 0.25) is 10.0 Å². The van der Waals surface area contributed by atoms with Crippen molar-refractivity contribution in [1.29, 1.82) is 0 Å².